The van der Waals surface area contributed by atoms with Crippen molar-refractivity contribution in [2.45, 2.75) is 52.6 Å². The van der Waals surface area contributed by atoms with Crippen LogP contribution < -0.4 is 15.5 Å². The highest BCUT2D eigenvalue weighted by Gasteiger charge is 2.13. The molecule has 0 aliphatic carbocycles. The molecule has 0 atom stereocenters. The Morgan fingerprint density at radius 3 is 2.65 bits per heavy atom. The average molecular weight is 379 g/mol. The lowest BCUT2D eigenvalue weighted by molar-refractivity contribution is 0.368. The van der Waals surface area contributed by atoms with Crippen LogP contribution in [0, 0.1) is 0 Å². The predicted molar refractivity (Wildman–Crippen MR) is 108 cm³/mol. The molecule has 0 unspecified atom stereocenters. The van der Waals surface area contributed by atoms with E-state index in [0.29, 0.717) is 19.0 Å². The van der Waals surface area contributed by atoms with Crippen molar-refractivity contribution in [3.63, 3.8) is 0 Å². The van der Waals surface area contributed by atoms with Gasteiger partial charge in [0.15, 0.2) is 16.9 Å². The number of nitrogens with zero attached hydrogens (tertiary/aromatic N) is 4. The van der Waals surface area contributed by atoms with Crippen molar-refractivity contribution in [1.82, 2.24) is 20.8 Å². The van der Waals surface area contributed by atoms with Crippen LogP contribution in [-0.2, 0) is 13.1 Å². The third-order valence-corrected chi connectivity index (χ3v) is 5.13. The van der Waals surface area contributed by atoms with Crippen LogP contribution in [0.4, 0.5) is 5.13 Å². The van der Waals surface area contributed by atoms with E-state index in [1.807, 2.05) is 37.4 Å². The Kier molecular flexibility index (Phi) is 7.90. The molecule has 8 heteroatoms. The van der Waals surface area contributed by atoms with Crippen LogP contribution in [0.15, 0.2) is 21.0 Å². The van der Waals surface area contributed by atoms with Gasteiger partial charge in [0.05, 0.1) is 24.5 Å². The zero-order chi connectivity index (χ0) is 18.9. The van der Waals surface area contributed by atoms with Gasteiger partial charge < -0.3 is 20.1 Å². The fraction of sp³-hybridized carbons (Fsp3) is 0.611. The van der Waals surface area contributed by atoms with Crippen molar-refractivity contribution in [2.24, 2.45) is 4.99 Å². The van der Waals surface area contributed by atoms with Crippen LogP contribution in [0.25, 0.3) is 0 Å². The molecule has 0 aliphatic heterocycles. The molecule has 2 N–H and O–H groups in total. The lowest BCUT2D eigenvalue weighted by Gasteiger charge is -2.09. The Hall–Kier alpha value is -2.09. The standard InChI is InChI=1S/C18H30N6OS/c1-6-13(7-2)16-9-15(25-23-16)11-21-17(19-8-3)20-10-14-12-26-18(22-14)24(4)5/h9,12-13H,6-8,10-11H2,1-5H3,(H2,19,20,21). The highest BCUT2D eigenvalue weighted by atomic mass is 32.1. The molecule has 0 amide bonds. The first-order valence-electron chi connectivity index (χ1n) is 9.16. The van der Waals surface area contributed by atoms with Crippen LogP contribution in [-0.4, -0.2) is 36.7 Å². The Morgan fingerprint density at radius 1 is 1.27 bits per heavy atom. The first-order chi connectivity index (χ1) is 12.6. The third-order valence-electron chi connectivity index (χ3n) is 4.08. The Labute approximate surface area is 159 Å². The quantitative estimate of drug-likeness (QED) is 0.515. The summed E-state index contributed by atoms with van der Waals surface area (Å²) < 4.78 is 5.46. The molecule has 0 spiro atoms. The molecule has 26 heavy (non-hydrogen) atoms. The lowest BCUT2D eigenvalue weighted by atomic mass is 9.99. The van der Waals surface area contributed by atoms with Crippen molar-refractivity contribution >= 4 is 22.4 Å². The maximum absolute atomic E-state index is 5.46. The monoisotopic (exact) mass is 378 g/mol. The molecule has 7 nitrogen and oxygen atoms in total. The van der Waals surface area contributed by atoms with Crippen molar-refractivity contribution in [3.05, 3.63) is 28.6 Å². The van der Waals surface area contributed by atoms with Gasteiger partial charge in [0.25, 0.3) is 0 Å². The van der Waals surface area contributed by atoms with Gasteiger partial charge in [0.1, 0.15) is 0 Å². The largest absolute Gasteiger partial charge is 0.359 e. The summed E-state index contributed by atoms with van der Waals surface area (Å²) in [5.41, 5.74) is 2.00. The smallest absolute Gasteiger partial charge is 0.192 e. The van der Waals surface area contributed by atoms with Crippen LogP contribution in [0.2, 0.25) is 0 Å². The van der Waals surface area contributed by atoms with E-state index in [4.69, 9.17) is 4.52 Å². The van der Waals surface area contributed by atoms with Gasteiger partial charge in [-0.05, 0) is 19.8 Å². The molecule has 0 bridgehead atoms. The lowest BCUT2D eigenvalue weighted by Crippen LogP contribution is -2.36. The molecule has 2 heterocycles. The van der Waals surface area contributed by atoms with Gasteiger partial charge in [0, 0.05) is 38.0 Å². The Morgan fingerprint density at radius 2 is 2.04 bits per heavy atom. The average Bonchev–Trinajstić information content (AvgIpc) is 3.28. The molecule has 144 valence electrons. The second kappa shape index (κ2) is 10.2. The Balaban J connectivity index is 1.94. The highest BCUT2D eigenvalue weighted by molar-refractivity contribution is 7.13. The van der Waals surface area contributed by atoms with Crippen LogP contribution in [0.1, 0.15) is 56.7 Å². The summed E-state index contributed by atoms with van der Waals surface area (Å²) in [5.74, 6) is 2.03. The maximum Gasteiger partial charge on any atom is 0.192 e. The Bertz CT molecular complexity index is 689. The maximum atomic E-state index is 5.46. The summed E-state index contributed by atoms with van der Waals surface area (Å²) in [4.78, 5) is 11.2. The molecule has 0 saturated carbocycles. The topological polar surface area (TPSA) is 78.6 Å². The van der Waals surface area contributed by atoms with Crippen LogP contribution >= 0.6 is 11.3 Å². The summed E-state index contributed by atoms with van der Waals surface area (Å²) in [6.07, 6.45) is 2.14. The van der Waals surface area contributed by atoms with E-state index in [0.717, 1.165) is 47.6 Å². The molecular formula is C18H30N6OS. The summed E-state index contributed by atoms with van der Waals surface area (Å²) in [6.45, 7) is 8.28. The predicted octanol–water partition coefficient (Wildman–Crippen LogP) is 3.36. The highest BCUT2D eigenvalue weighted by Crippen LogP contribution is 2.22. The molecule has 0 fully saturated rings. The molecule has 0 aromatic carbocycles. The summed E-state index contributed by atoms with van der Waals surface area (Å²) in [6, 6.07) is 2.04. The molecule has 2 aromatic rings. The normalized spacial score (nSPS) is 11.8. The first kappa shape index (κ1) is 20.2. The van der Waals surface area contributed by atoms with Crippen LogP contribution in [0.5, 0.6) is 0 Å². The second-order valence-corrected chi connectivity index (χ2v) is 7.13. The van der Waals surface area contributed by atoms with Gasteiger partial charge >= 0.3 is 0 Å². The second-order valence-electron chi connectivity index (χ2n) is 6.30. The molecule has 0 saturated heterocycles. The molecule has 2 rings (SSSR count). The molecule has 0 radical (unpaired) electrons. The van der Waals surface area contributed by atoms with E-state index in [1.54, 1.807) is 11.3 Å². The van der Waals surface area contributed by atoms with E-state index in [9.17, 15) is 0 Å². The van der Waals surface area contributed by atoms with E-state index in [-0.39, 0.29) is 0 Å². The fourth-order valence-electron chi connectivity index (χ4n) is 2.56. The number of rotatable bonds is 9. The van der Waals surface area contributed by atoms with Gasteiger partial charge in [-0.1, -0.05) is 19.0 Å². The van der Waals surface area contributed by atoms with Crippen molar-refractivity contribution in [1.29, 1.82) is 0 Å². The first-order valence-corrected chi connectivity index (χ1v) is 10.0. The zero-order valence-electron chi connectivity index (χ0n) is 16.4. The van der Waals surface area contributed by atoms with Gasteiger partial charge in [-0.25, -0.2) is 9.98 Å². The minimum absolute atomic E-state index is 0.463. The number of hydrogen-bond acceptors (Lipinski definition) is 6. The number of thiazole rings is 1. The minimum atomic E-state index is 0.463. The number of nitrogens with one attached hydrogen (secondary N) is 2. The number of hydrogen-bond donors (Lipinski definition) is 2. The zero-order valence-corrected chi connectivity index (χ0v) is 17.2. The fourth-order valence-corrected chi connectivity index (χ4v) is 3.31. The number of guanidine groups is 1. The molecule has 0 aliphatic rings. The van der Waals surface area contributed by atoms with Gasteiger partial charge in [-0.3, -0.25) is 0 Å². The van der Waals surface area contributed by atoms with E-state index in [2.05, 4.69) is 39.6 Å². The summed E-state index contributed by atoms with van der Waals surface area (Å²) >= 11 is 1.62. The number of aromatic nitrogens is 2. The third kappa shape index (κ3) is 5.72. The van der Waals surface area contributed by atoms with Crippen molar-refractivity contribution in [2.75, 3.05) is 25.5 Å². The van der Waals surface area contributed by atoms with Gasteiger partial charge in [0.2, 0.25) is 0 Å². The minimum Gasteiger partial charge on any atom is -0.359 e. The van der Waals surface area contributed by atoms with E-state index < -0.39 is 0 Å². The van der Waals surface area contributed by atoms with Gasteiger partial charge in [-0.15, -0.1) is 11.3 Å². The number of anilines is 1. The van der Waals surface area contributed by atoms with Crippen molar-refractivity contribution < 1.29 is 4.52 Å². The van der Waals surface area contributed by atoms with E-state index in [1.165, 1.54) is 0 Å². The van der Waals surface area contributed by atoms with E-state index >= 15 is 0 Å². The molecular weight excluding hydrogens is 348 g/mol. The van der Waals surface area contributed by atoms with Gasteiger partial charge in [-0.2, -0.15) is 0 Å². The van der Waals surface area contributed by atoms with Crippen LogP contribution in [0.3, 0.4) is 0 Å². The SMILES string of the molecule is CCNC(=NCc1csc(N(C)C)n1)NCc1cc(C(CC)CC)no1. The molecule has 2 aromatic heterocycles. The number of aliphatic imine (C=N–C) groups is 1. The van der Waals surface area contributed by atoms with Crippen molar-refractivity contribution in [3.8, 4) is 0 Å². The summed E-state index contributed by atoms with van der Waals surface area (Å²) in [5, 5.41) is 13.8. The summed E-state index contributed by atoms with van der Waals surface area (Å²) in [7, 11) is 3.98.